The summed E-state index contributed by atoms with van der Waals surface area (Å²) in [6.07, 6.45) is 0. The van der Waals surface area contributed by atoms with Crippen LogP contribution in [0.4, 0.5) is 10.5 Å². The maximum atomic E-state index is 12.4. The molecule has 1 aliphatic heterocycles. The first-order chi connectivity index (χ1) is 12.1. The lowest BCUT2D eigenvalue weighted by Crippen LogP contribution is -2.49. The number of nitrogens with zero attached hydrogens (tertiary/aromatic N) is 3. The summed E-state index contributed by atoms with van der Waals surface area (Å²) in [7, 11) is 0. The number of amides is 2. The SMILES string of the molecule is N#Cc1cccc(NC(=O)N2CCN(Cc3ccc(Cl)cc3)CC2)c1. The van der Waals surface area contributed by atoms with Crippen molar-refractivity contribution in [3.63, 3.8) is 0 Å². The number of benzene rings is 2. The van der Waals surface area contributed by atoms with Crippen molar-refractivity contribution >= 4 is 23.3 Å². The highest BCUT2D eigenvalue weighted by Gasteiger charge is 2.21. The second-order valence-corrected chi connectivity index (χ2v) is 6.45. The molecule has 0 unspecified atom stereocenters. The molecule has 1 N–H and O–H groups in total. The van der Waals surface area contributed by atoms with E-state index in [9.17, 15) is 4.79 Å². The predicted octanol–water partition coefficient (Wildman–Crippen LogP) is 3.56. The van der Waals surface area contributed by atoms with E-state index >= 15 is 0 Å². The molecule has 128 valence electrons. The summed E-state index contributed by atoms with van der Waals surface area (Å²) in [4.78, 5) is 16.5. The van der Waals surface area contributed by atoms with Crippen molar-refractivity contribution in [2.75, 3.05) is 31.5 Å². The fourth-order valence-corrected chi connectivity index (χ4v) is 2.95. The lowest BCUT2D eigenvalue weighted by molar-refractivity contribution is 0.143. The van der Waals surface area contributed by atoms with E-state index in [1.165, 1.54) is 5.56 Å². The minimum Gasteiger partial charge on any atom is -0.322 e. The fourth-order valence-electron chi connectivity index (χ4n) is 2.83. The first-order valence-corrected chi connectivity index (χ1v) is 8.55. The van der Waals surface area contributed by atoms with E-state index in [4.69, 9.17) is 16.9 Å². The van der Waals surface area contributed by atoms with E-state index in [1.807, 2.05) is 24.3 Å². The third-order valence-electron chi connectivity index (χ3n) is 4.22. The normalized spacial score (nSPS) is 14.8. The van der Waals surface area contributed by atoms with Gasteiger partial charge in [-0.3, -0.25) is 4.90 Å². The van der Waals surface area contributed by atoms with Gasteiger partial charge in [-0.1, -0.05) is 29.8 Å². The molecular weight excluding hydrogens is 336 g/mol. The minimum atomic E-state index is -0.124. The molecule has 2 aromatic carbocycles. The second kappa shape index (κ2) is 8.02. The van der Waals surface area contributed by atoms with Crippen LogP contribution in [0.5, 0.6) is 0 Å². The van der Waals surface area contributed by atoms with Crippen LogP contribution >= 0.6 is 11.6 Å². The van der Waals surface area contributed by atoms with Crippen LogP contribution in [0.3, 0.4) is 0 Å². The fraction of sp³-hybridized carbons (Fsp3) is 0.263. The maximum Gasteiger partial charge on any atom is 0.321 e. The van der Waals surface area contributed by atoms with Crippen LogP contribution in [0.2, 0.25) is 5.02 Å². The molecule has 25 heavy (non-hydrogen) atoms. The zero-order valence-corrected chi connectivity index (χ0v) is 14.5. The van der Waals surface area contributed by atoms with Crippen LogP contribution in [0.25, 0.3) is 0 Å². The average Bonchev–Trinajstić information content (AvgIpc) is 2.64. The molecule has 1 fully saturated rings. The zero-order chi connectivity index (χ0) is 17.6. The number of hydrogen-bond donors (Lipinski definition) is 1. The van der Waals surface area contributed by atoms with Crippen molar-refractivity contribution in [1.82, 2.24) is 9.80 Å². The Labute approximate surface area is 152 Å². The molecule has 1 aliphatic rings. The summed E-state index contributed by atoms with van der Waals surface area (Å²) >= 11 is 5.91. The number of carbonyl (C=O) groups excluding carboxylic acids is 1. The van der Waals surface area contributed by atoms with Crippen molar-refractivity contribution < 1.29 is 4.79 Å². The van der Waals surface area contributed by atoms with E-state index in [0.717, 1.165) is 24.7 Å². The number of piperazine rings is 1. The third-order valence-corrected chi connectivity index (χ3v) is 4.47. The Balaban J connectivity index is 1.50. The average molecular weight is 355 g/mol. The molecule has 0 saturated carbocycles. The zero-order valence-electron chi connectivity index (χ0n) is 13.8. The number of nitriles is 1. The van der Waals surface area contributed by atoms with Gasteiger partial charge in [0.1, 0.15) is 0 Å². The van der Waals surface area contributed by atoms with Gasteiger partial charge in [0.25, 0.3) is 0 Å². The van der Waals surface area contributed by atoms with E-state index in [0.29, 0.717) is 24.3 Å². The summed E-state index contributed by atoms with van der Waals surface area (Å²) in [5, 5.41) is 12.5. The molecular formula is C19H19ClN4O. The lowest BCUT2D eigenvalue weighted by atomic mass is 10.2. The first kappa shape index (κ1) is 17.3. The number of anilines is 1. The molecule has 0 aromatic heterocycles. The van der Waals surface area contributed by atoms with Crippen LogP contribution < -0.4 is 5.32 Å². The first-order valence-electron chi connectivity index (χ1n) is 8.17. The summed E-state index contributed by atoms with van der Waals surface area (Å²) < 4.78 is 0. The Morgan fingerprint density at radius 3 is 2.52 bits per heavy atom. The van der Waals surface area contributed by atoms with Crippen molar-refractivity contribution in [1.29, 1.82) is 5.26 Å². The second-order valence-electron chi connectivity index (χ2n) is 6.01. The van der Waals surface area contributed by atoms with Gasteiger partial charge in [0.2, 0.25) is 0 Å². The Morgan fingerprint density at radius 1 is 1.12 bits per heavy atom. The van der Waals surface area contributed by atoms with Gasteiger partial charge in [0, 0.05) is 43.4 Å². The van der Waals surface area contributed by atoms with E-state index < -0.39 is 0 Å². The number of hydrogen-bond acceptors (Lipinski definition) is 3. The van der Waals surface area contributed by atoms with Crippen molar-refractivity contribution in [2.24, 2.45) is 0 Å². The Morgan fingerprint density at radius 2 is 1.84 bits per heavy atom. The Bertz CT molecular complexity index is 777. The van der Waals surface area contributed by atoms with Gasteiger partial charge in [-0.15, -0.1) is 0 Å². The van der Waals surface area contributed by atoms with Gasteiger partial charge in [-0.05, 0) is 35.9 Å². The van der Waals surface area contributed by atoms with Crippen molar-refractivity contribution in [2.45, 2.75) is 6.54 Å². The molecule has 0 radical (unpaired) electrons. The number of rotatable bonds is 3. The molecule has 2 amide bonds. The molecule has 0 spiro atoms. The highest BCUT2D eigenvalue weighted by atomic mass is 35.5. The smallest absolute Gasteiger partial charge is 0.321 e. The van der Waals surface area contributed by atoms with Crippen molar-refractivity contribution in [3.8, 4) is 6.07 Å². The third kappa shape index (κ3) is 4.72. The summed E-state index contributed by atoms with van der Waals surface area (Å²) in [5.41, 5.74) is 2.40. The molecule has 6 heteroatoms. The van der Waals surface area contributed by atoms with E-state index in [-0.39, 0.29) is 6.03 Å². The van der Waals surface area contributed by atoms with Crippen molar-refractivity contribution in [3.05, 3.63) is 64.7 Å². The Hall–Kier alpha value is -2.55. The molecule has 0 aliphatic carbocycles. The van der Waals surface area contributed by atoms with Gasteiger partial charge in [0.15, 0.2) is 0 Å². The number of halogens is 1. The summed E-state index contributed by atoms with van der Waals surface area (Å²) in [6, 6.07) is 16.7. The van der Waals surface area contributed by atoms with Gasteiger partial charge in [-0.25, -0.2) is 4.79 Å². The molecule has 0 bridgehead atoms. The number of carbonyl (C=O) groups is 1. The van der Waals surface area contributed by atoms with Crippen LogP contribution in [-0.4, -0.2) is 42.0 Å². The largest absolute Gasteiger partial charge is 0.322 e. The highest BCUT2D eigenvalue weighted by Crippen LogP contribution is 2.14. The number of urea groups is 1. The van der Waals surface area contributed by atoms with Crippen LogP contribution in [0.15, 0.2) is 48.5 Å². The van der Waals surface area contributed by atoms with E-state index in [2.05, 4.69) is 16.3 Å². The monoisotopic (exact) mass is 354 g/mol. The molecule has 1 heterocycles. The maximum absolute atomic E-state index is 12.4. The van der Waals surface area contributed by atoms with Gasteiger partial charge in [0.05, 0.1) is 11.6 Å². The summed E-state index contributed by atoms with van der Waals surface area (Å²) in [5.74, 6) is 0. The van der Waals surface area contributed by atoms with Gasteiger partial charge in [-0.2, -0.15) is 5.26 Å². The molecule has 3 rings (SSSR count). The highest BCUT2D eigenvalue weighted by molar-refractivity contribution is 6.30. The number of nitrogens with one attached hydrogen (secondary N) is 1. The van der Waals surface area contributed by atoms with E-state index in [1.54, 1.807) is 29.2 Å². The minimum absolute atomic E-state index is 0.124. The Kier molecular flexibility index (Phi) is 5.54. The topological polar surface area (TPSA) is 59.4 Å². The molecule has 0 atom stereocenters. The molecule has 1 saturated heterocycles. The van der Waals surface area contributed by atoms with Crippen LogP contribution in [-0.2, 0) is 6.54 Å². The predicted molar refractivity (Wildman–Crippen MR) is 98.5 cm³/mol. The molecule has 5 nitrogen and oxygen atoms in total. The van der Waals surface area contributed by atoms with Gasteiger partial charge >= 0.3 is 6.03 Å². The summed E-state index contributed by atoms with van der Waals surface area (Å²) in [6.45, 7) is 3.87. The van der Waals surface area contributed by atoms with Crippen LogP contribution in [0, 0.1) is 11.3 Å². The van der Waals surface area contributed by atoms with Gasteiger partial charge < -0.3 is 10.2 Å². The standard InChI is InChI=1S/C19H19ClN4O/c20-17-6-4-15(5-7-17)14-23-8-10-24(11-9-23)19(25)22-18-3-1-2-16(12-18)13-21/h1-7,12H,8-11,14H2,(H,22,25). The molecule has 2 aromatic rings. The lowest BCUT2D eigenvalue weighted by Gasteiger charge is -2.34. The van der Waals surface area contributed by atoms with Crippen LogP contribution in [0.1, 0.15) is 11.1 Å². The quantitative estimate of drug-likeness (QED) is 0.916.